The molecule has 2 aliphatic rings. The number of nitrogens with zero attached hydrogens (tertiary/aromatic N) is 4. The standard InChI is InChI=1S/C23H29FN4O5S/c1-23(2,3)33-22(29)27-8-6-16(7-9-27)32-21-13-20(25-14-26-21)28-10-5-15-11-19(34(4,30)31)17(24)12-18(15)28/h11-14,16H,5-10H2,1-4H3. The second kappa shape index (κ2) is 9.01. The number of hydrogen-bond donors (Lipinski definition) is 0. The smallest absolute Gasteiger partial charge is 0.410 e. The third-order valence-electron chi connectivity index (χ3n) is 5.71. The summed E-state index contributed by atoms with van der Waals surface area (Å²) in [6, 6.07) is 4.34. The molecule has 0 unspecified atom stereocenters. The summed E-state index contributed by atoms with van der Waals surface area (Å²) in [4.78, 5) is 24.0. The van der Waals surface area contributed by atoms with Gasteiger partial charge < -0.3 is 19.3 Å². The molecule has 1 aromatic heterocycles. The number of likely N-dealkylation sites (tertiary alicyclic amines) is 1. The second-order valence-electron chi connectivity index (χ2n) is 9.58. The van der Waals surface area contributed by atoms with Crippen LogP contribution in [-0.2, 0) is 21.0 Å². The highest BCUT2D eigenvalue weighted by Crippen LogP contribution is 2.37. The lowest BCUT2D eigenvalue weighted by Gasteiger charge is -2.33. The first-order chi connectivity index (χ1) is 15.9. The van der Waals surface area contributed by atoms with Gasteiger partial charge in [0.25, 0.3) is 0 Å². The minimum atomic E-state index is -3.65. The van der Waals surface area contributed by atoms with Crippen molar-refractivity contribution in [2.45, 2.75) is 56.6 Å². The van der Waals surface area contributed by atoms with E-state index in [2.05, 4.69) is 9.97 Å². The van der Waals surface area contributed by atoms with Gasteiger partial charge in [-0.05, 0) is 44.9 Å². The van der Waals surface area contributed by atoms with Crippen LogP contribution in [0.15, 0.2) is 29.4 Å². The number of fused-ring (bicyclic) bond motifs is 1. The fourth-order valence-electron chi connectivity index (χ4n) is 4.11. The maximum atomic E-state index is 14.5. The number of aromatic nitrogens is 2. The van der Waals surface area contributed by atoms with E-state index >= 15 is 0 Å². The van der Waals surface area contributed by atoms with Gasteiger partial charge in [-0.3, -0.25) is 0 Å². The van der Waals surface area contributed by atoms with Gasteiger partial charge in [0, 0.05) is 50.5 Å². The summed E-state index contributed by atoms with van der Waals surface area (Å²) in [6.07, 6.45) is 3.81. The molecule has 34 heavy (non-hydrogen) atoms. The van der Waals surface area contributed by atoms with E-state index in [1.54, 1.807) is 11.0 Å². The number of ether oxygens (including phenoxy) is 2. The van der Waals surface area contributed by atoms with Gasteiger partial charge in [0.15, 0.2) is 9.84 Å². The van der Waals surface area contributed by atoms with Crippen molar-refractivity contribution in [1.29, 1.82) is 0 Å². The molecule has 0 spiro atoms. The number of carbonyl (C=O) groups is 1. The summed E-state index contributed by atoms with van der Waals surface area (Å²) in [6.45, 7) is 7.10. The number of anilines is 2. The maximum Gasteiger partial charge on any atom is 0.410 e. The van der Waals surface area contributed by atoms with Gasteiger partial charge in [0.05, 0.1) is 0 Å². The first-order valence-electron chi connectivity index (χ1n) is 11.2. The molecule has 0 atom stereocenters. The largest absolute Gasteiger partial charge is 0.474 e. The topological polar surface area (TPSA) is 102 Å². The second-order valence-corrected chi connectivity index (χ2v) is 11.6. The summed E-state index contributed by atoms with van der Waals surface area (Å²) in [5.74, 6) is 0.152. The molecule has 1 fully saturated rings. The highest BCUT2D eigenvalue weighted by atomic mass is 32.2. The SMILES string of the molecule is CC(C)(C)OC(=O)N1CCC(Oc2cc(N3CCc4cc(S(C)(=O)=O)c(F)cc43)ncn2)CC1. The zero-order valence-electron chi connectivity index (χ0n) is 19.7. The van der Waals surface area contributed by atoms with Gasteiger partial charge >= 0.3 is 6.09 Å². The molecule has 1 amide bonds. The highest BCUT2D eigenvalue weighted by molar-refractivity contribution is 7.90. The van der Waals surface area contributed by atoms with Crippen LogP contribution in [0, 0.1) is 5.82 Å². The van der Waals surface area contributed by atoms with Crippen molar-refractivity contribution in [3.63, 3.8) is 0 Å². The van der Waals surface area contributed by atoms with Crippen LogP contribution >= 0.6 is 0 Å². The zero-order chi connectivity index (χ0) is 24.7. The fraction of sp³-hybridized carbons (Fsp3) is 0.522. The third kappa shape index (κ3) is 5.40. The molecular weight excluding hydrogens is 463 g/mol. The number of hydrogen-bond acceptors (Lipinski definition) is 8. The molecule has 11 heteroatoms. The predicted octanol–water partition coefficient (Wildman–Crippen LogP) is 3.49. The Balaban J connectivity index is 1.43. The fourth-order valence-corrected chi connectivity index (χ4v) is 4.88. The number of rotatable bonds is 4. The third-order valence-corrected chi connectivity index (χ3v) is 6.83. The van der Waals surface area contributed by atoms with Crippen molar-refractivity contribution in [2.75, 3.05) is 30.8 Å². The van der Waals surface area contributed by atoms with Gasteiger partial charge in [0.1, 0.15) is 34.6 Å². The molecule has 1 saturated heterocycles. The lowest BCUT2D eigenvalue weighted by atomic mass is 10.1. The van der Waals surface area contributed by atoms with E-state index in [9.17, 15) is 17.6 Å². The molecule has 0 bridgehead atoms. The van der Waals surface area contributed by atoms with E-state index in [0.717, 1.165) is 11.8 Å². The Bertz CT molecular complexity index is 1190. The van der Waals surface area contributed by atoms with Crippen molar-refractivity contribution in [3.8, 4) is 5.88 Å². The van der Waals surface area contributed by atoms with Crippen molar-refractivity contribution in [2.24, 2.45) is 0 Å². The summed E-state index contributed by atoms with van der Waals surface area (Å²) >= 11 is 0. The van der Waals surface area contributed by atoms with Crippen molar-refractivity contribution < 1.29 is 27.1 Å². The average Bonchev–Trinajstić information content (AvgIpc) is 3.14. The first kappa shape index (κ1) is 24.2. The normalized spacial score (nSPS) is 17.0. The van der Waals surface area contributed by atoms with E-state index in [1.165, 1.54) is 18.5 Å². The Hall–Kier alpha value is -2.95. The van der Waals surface area contributed by atoms with E-state index in [0.29, 0.717) is 56.3 Å². The highest BCUT2D eigenvalue weighted by Gasteiger charge is 2.29. The van der Waals surface area contributed by atoms with Gasteiger partial charge in [-0.15, -0.1) is 0 Å². The first-order valence-corrected chi connectivity index (χ1v) is 13.1. The maximum absolute atomic E-state index is 14.5. The molecule has 1 aromatic carbocycles. The summed E-state index contributed by atoms with van der Waals surface area (Å²) in [5, 5.41) is 0. The van der Waals surface area contributed by atoms with E-state index < -0.39 is 21.3 Å². The molecule has 2 aliphatic heterocycles. The predicted molar refractivity (Wildman–Crippen MR) is 124 cm³/mol. The molecule has 0 aliphatic carbocycles. The average molecular weight is 493 g/mol. The van der Waals surface area contributed by atoms with Gasteiger partial charge in [-0.25, -0.2) is 27.6 Å². The Labute approximate surface area is 198 Å². The van der Waals surface area contributed by atoms with Gasteiger partial charge in [-0.1, -0.05) is 0 Å². The molecule has 4 rings (SSSR count). The summed E-state index contributed by atoms with van der Waals surface area (Å²) < 4.78 is 49.7. The number of sulfone groups is 1. The Kier molecular flexibility index (Phi) is 6.41. The van der Waals surface area contributed by atoms with Crippen molar-refractivity contribution in [3.05, 3.63) is 35.9 Å². The lowest BCUT2D eigenvalue weighted by Crippen LogP contribution is -2.44. The van der Waals surface area contributed by atoms with Crippen molar-refractivity contribution >= 4 is 27.4 Å². The molecule has 3 heterocycles. The van der Waals surface area contributed by atoms with Crippen LogP contribution < -0.4 is 9.64 Å². The summed E-state index contributed by atoms with van der Waals surface area (Å²) in [5.41, 5.74) is 0.795. The minimum Gasteiger partial charge on any atom is -0.474 e. The van der Waals surface area contributed by atoms with Crippen LogP contribution in [0.2, 0.25) is 0 Å². The molecule has 0 radical (unpaired) electrons. The molecule has 184 valence electrons. The number of amides is 1. The Morgan fingerprint density at radius 1 is 1.12 bits per heavy atom. The molecule has 0 saturated carbocycles. The Morgan fingerprint density at radius 2 is 1.82 bits per heavy atom. The van der Waals surface area contributed by atoms with Gasteiger partial charge in [0.2, 0.25) is 5.88 Å². The monoisotopic (exact) mass is 492 g/mol. The number of piperidine rings is 1. The minimum absolute atomic E-state index is 0.109. The number of benzene rings is 1. The van der Waals surface area contributed by atoms with Crippen molar-refractivity contribution in [1.82, 2.24) is 14.9 Å². The molecule has 0 N–H and O–H groups in total. The molecule has 9 nitrogen and oxygen atoms in total. The van der Waals surface area contributed by atoms with E-state index in [1.807, 2.05) is 25.7 Å². The molecular formula is C23H29FN4O5S. The van der Waals surface area contributed by atoms with E-state index in [4.69, 9.17) is 9.47 Å². The zero-order valence-corrected chi connectivity index (χ0v) is 20.6. The van der Waals surface area contributed by atoms with Crippen LogP contribution in [-0.4, -0.2) is 67.0 Å². The number of carbonyl (C=O) groups excluding carboxylic acids is 1. The van der Waals surface area contributed by atoms with Crippen LogP contribution in [0.4, 0.5) is 20.7 Å². The Morgan fingerprint density at radius 3 is 2.47 bits per heavy atom. The number of halogens is 1. The molecule has 2 aromatic rings. The van der Waals surface area contributed by atoms with Crippen LogP contribution in [0.5, 0.6) is 5.88 Å². The van der Waals surface area contributed by atoms with Crippen LogP contribution in [0.1, 0.15) is 39.2 Å². The lowest BCUT2D eigenvalue weighted by molar-refractivity contribution is 0.0123. The van der Waals surface area contributed by atoms with E-state index in [-0.39, 0.29) is 17.1 Å². The van der Waals surface area contributed by atoms with Gasteiger partial charge in [-0.2, -0.15) is 0 Å². The summed E-state index contributed by atoms with van der Waals surface area (Å²) in [7, 11) is -3.65. The quantitative estimate of drug-likeness (QED) is 0.639. The van der Waals surface area contributed by atoms with Crippen LogP contribution in [0.25, 0.3) is 0 Å². The van der Waals surface area contributed by atoms with Crippen LogP contribution in [0.3, 0.4) is 0 Å².